The fraction of sp³-hybridized carbons (Fsp3) is 0.360. The maximum atomic E-state index is 11.3. The maximum absolute atomic E-state index is 11.3. The first-order valence-corrected chi connectivity index (χ1v) is 10.8. The standard InChI is InChI=1S/C25H26N2O6/c1-16(28)30-14-20-24(18-9-5-3-6-10-18)32-22(26-20)13-23-27-21(15-31-17(2)29)25(33-23)19-11-7-4-8-12-19/h3-12,20-21,24-25H,13-15H2,1-2H3/t20-,21-,24-,25-/m0/s1. The van der Waals surface area contributed by atoms with Crippen LogP contribution in [0.25, 0.3) is 0 Å². The van der Waals surface area contributed by atoms with Crippen LogP contribution in [0.15, 0.2) is 70.6 Å². The van der Waals surface area contributed by atoms with Gasteiger partial charge in [-0.2, -0.15) is 0 Å². The third-order valence-corrected chi connectivity index (χ3v) is 5.32. The molecule has 2 aliphatic heterocycles. The topological polar surface area (TPSA) is 95.8 Å². The highest BCUT2D eigenvalue weighted by atomic mass is 16.6. The Morgan fingerprint density at radius 1 is 0.727 bits per heavy atom. The van der Waals surface area contributed by atoms with Gasteiger partial charge in [-0.15, -0.1) is 0 Å². The van der Waals surface area contributed by atoms with Gasteiger partial charge in [0.25, 0.3) is 0 Å². The molecule has 2 aromatic rings. The van der Waals surface area contributed by atoms with Gasteiger partial charge in [-0.3, -0.25) is 9.59 Å². The summed E-state index contributed by atoms with van der Waals surface area (Å²) >= 11 is 0. The van der Waals surface area contributed by atoms with Crippen LogP contribution in [0.2, 0.25) is 0 Å². The Balaban J connectivity index is 1.50. The molecule has 33 heavy (non-hydrogen) atoms. The van der Waals surface area contributed by atoms with Gasteiger partial charge in [0.05, 0.1) is 6.42 Å². The number of benzene rings is 2. The number of esters is 2. The van der Waals surface area contributed by atoms with E-state index in [0.717, 1.165) is 11.1 Å². The molecule has 0 aromatic heterocycles. The Morgan fingerprint density at radius 3 is 1.48 bits per heavy atom. The van der Waals surface area contributed by atoms with Crippen molar-refractivity contribution in [3.63, 3.8) is 0 Å². The normalized spacial score (nSPS) is 23.7. The number of rotatable bonds is 8. The second kappa shape index (κ2) is 10.3. The first-order valence-electron chi connectivity index (χ1n) is 10.8. The Kier molecular flexibility index (Phi) is 7.02. The SMILES string of the molecule is CC(=O)OC[C@@H]1N=C(CC2=N[C@@H](COC(C)=O)[C@H](c3ccccc3)O2)O[C@H]1c1ccccc1. The number of carbonyl (C=O) groups excluding carboxylic acids is 2. The molecule has 0 bridgehead atoms. The average Bonchev–Trinajstić information content (AvgIpc) is 3.41. The molecule has 8 heteroatoms. The van der Waals surface area contributed by atoms with Gasteiger partial charge in [-0.25, -0.2) is 9.98 Å². The monoisotopic (exact) mass is 450 g/mol. The summed E-state index contributed by atoms with van der Waals surface area (Å²) in [5.74, 6) is 0.181. The molecular weight excluding hydrogens is 424 g/mol. The van der Waals surface area contributed by atoms with Gasteiger partial charge in [0, 0.05) is 13.8 Å². The minimum atomic E-state index is -0.371. The van der Waals surface area contributed by atoms with Crippen LogP contribution < -0.4 is 0 Å². The summed E-state index contributed by atoms with van der Waals surface area (Å²) in [6.45, 7) is 2.97. The summed E-state index contributed by atoms with van der Waals surface area (Å²) in [7, 11) is 0. The van der Waals surface area contributed by atoms with E-state index >= 15 is 0 Å². The van der Waals surface area contributed by atoms with Crippen LogP contribution in [-0.2, 0) is 28.5 Å². The number of hydrogen-bond acceptors (Lipinski definition) is 8. The van der Waals surface area contributed by atoms with Gasteiger partial charge in [-0.1, -0.05) is 60.7 Å². The van der Waals surface area contributed by atoms with Crippen molar-refractivity contribution in [2.75, 3.05) is 13.2 Å². The summed E-state index contributed by atoms with van der Waals surface area (Å²) in [6.07, 6.45) is -0.492. The van der Waals surface area contributed by atoms with Gasteiger partial charge in [0.15, 0.2) is 24.0 Å². The highest BCUT2D eigenvalue weighted by molar-refractivity contribution is 5.98. The number of ether oxygens (including phenoxy) is 4. The molecule has 0 aliphatic carbocycles. The Hall–Kier alpha value is -3.68. The number of nitrogens with zero attached hydrogens (tertiary/aromatic N) is 2. The largest absolute Gasteiger partial charge is 0.470 e. The molecule has 2 aliphatic rings. The molecule has 172 valence electrons. The van der Waals surface area contributed by atoms with Crippen LogP contribution in [0.1, 0.15) is 43.6 Å². The summed E-state index contributed by atoms with van der Waals surface area (Å²) < 4.78 is 22.7. The van der Waals surface area contributed by atoms with E-state index < -0.39 is 0 Å². The maximum Gasteiger partial charge on any atom is 0.302 e. The van der Waals surface area contributed by atoms with Gasteiger partial charge < -0.3 is 18.9 Å². The number of carbonyl (C=O) groups is 2. The molecule has 0 radical (unpaired) electrons. The molecule has 0 spiro atoms. The average molecular weight is 450 g/mol. The first kappa shape index (κ1) is 22.5. The lowest BCUT2D eigenvalue weighted by Crippen LogP contribution is -2.21. The van der Waals surface area contributed by atoms with Gasteiger partial charge in [0.2, 0.25) is 0 Å². The fourth-order valence-corrected chi connectivity index (χ4v) is 3.84. The lowest BCUT2D eigenvalue weighted by Gasteiger charge is -2.18. The van der Waals surface area contributed by atoms with E-state index in [1.807, 2.05) is 60.7 Å². The summed E-state index contributed by atoms with van der Waals surface area (Å²) in [5, 5.41) is 0. The zero-order valence-corrected chi connectivity index (χ0v) is 18.5. The van der Waals surface area contributed by atoms with E-state index in [0.29, 0.717) is 11.8 Å². The second-order valence-corrected chi connectivity index (χ2v) is 7.86. The summed E-state index contributed by atoms with van der Waals surface area (Å²) in [4.78, 5) is 32.0. The lowest BCUT2D eigenvalue weighted by atomic mass is 10.0. The van der Waals surface area contributed by atoms with Crippen molar-refractivity contribution in [2.45, 2.75) is 44.6 Å². The van der Waals surface area contributed by atoms with Crippen LogP contribution in [0.4, 0.5) is 0 Å². The Morgan fingerprint density at radius 2 is 1.12 bits per heavy atom. The smallest absolute Gasteiger partial charge is 0.302 e. The third-order valence-electron chi connectivity index (χ3n) is 5.32. The van der Waals surface area contributed by atoms with Crippen LogP contribution in [0, 0.1) is 0 Å². The van der Waals surface area contributed by atoms with Crippen LogP contribution >= 0.6 is 0 Å². The van der Waals surface area contributed by atoms with Crippen molar-refractivity contribution in [3.8, 4) is 0 Å². The summed E-state index contributed by atoms with van der Waals surface area (Å²) in [5.41, 5.74) is 1.88. The molecule has 0 saturated carbocycles. The second-order valence-electron chi connectivity index (χ2n) is 7.86. The molecule has 2 aromatic carbocycles. The van der Waals surface area contributed by atoms with Crippen molar-refractivity contribution < 1.29 is 28.5 Å². The Bertz CT molecular complexity index is 954. The van der Waals surface area contributed by atoms with E-state index in [-0.39, 0.29) is 55.9 Å². The first-order chi connectivity index (χ1) is 16.0. The fourth-order valence-electron chi connectivity index (χ4n) is 3.84. The molecule has 0 amide bonds. The summed E-state index contributed by atoms with van der Waals surface area (Å²) in [6, 6.07) is 18.6. The van der Waals surface area contributed by atoms with Crippen molar-refractivity contribution in [3.05, 3.63) is 71.8 Å². The van der Waals surface area contributed by atoms with E-state index in [9.17, 15) is 9.59 Å². The minimum absolute atomic E-state index is 0.118. The number of aliphatic imine (C=N–C) groups is 2. The van der Waals surface area contributed by atoms with Crippen molar-refractivity contribution in [2.24, 2.45) is 9.98 Å². The molecular formula is C25H26N2O6. The molecule has 0 fully saturated rings. The highest BCUT2D eigenvalue weighted by Gasteiger charge is 2.37. The van der Waals surface area contributed by atoms with Crippen molar-refractivity contribution >= 4 is 23.7 Å². The Labute approximate surface area is 192 Å². The highest BCUT2D eigenvalue weighted by Crippen LogP contribution is 2.34. The van der Waals surface area contributed by atoms with E-state index in [4.69, 9.17) is 18.9 Å². The van der Waals surface area contributed by atoms with Crippen LogP contribution in [-0.4, -0.2) is 49.0 Å². The van der Waals surface area contributed by atoms with Gasteiger partial charge >= 0.3 is 11.9 Å². The van der Waals surface area contributed by atoms with Gasteiger partial charge in [-0.05, 0) is 11.1 Å². The molecule has 8 nitrogen and oxygen atoms in total. The third kappa shape index (κ3) is 5.77. The zero-order valence-electron chi connectivity index (χ0n) is 18.5. The van der Waals surface area contributed by atoms with E-state index in [2.05, 4.69) is 9.98 Å². The van der Waals surface area contributed by atoms with Crippen molar-refractivity contribution in [1.29, 1.82) is 0 Å². The van der Waals surface area contributed by atoms with Crippen molar-refractivity contribution in [1.82, 2.24) is 0 Å². The molecule has 0 saturated heterocycles. The molecule has 0 unspecified atom stereocenters. The van der Waals surface area contributed by atoms with Gasteiger partial charge in [0.1, 0.15) is 25.3 Å². The van der Waals surface area contributed by atoms with Crippen LogP contribution in [0.3, 0.4) is 0 Å². The zero-order chi connectivity index (χ0) is 23.2. The minimum Gasteiger partial charge on any atom is -0.470 e. The predicted octanol–water partition coefficient (Wildman–Crippen LogP) is 3.58. The van der Waals surface area contributed by atoms with E-state index in [1.165, 1.54) is 13.8 Å². The van der Waals surface area contributed by atoms with Crippen LogP contribution in [0.5, 0.6) is 0 Å². The molecule has 4 atom stereocenters. The molecule has 0 N–H and O–H groups in total. The lowest BCUT2D eigenvalue weighted by molar-refractivity contribution is -0.142. The number of hydrogen-bond donors (Lipinski definition) is 0. The molecule has 4 rings (SSSR count). The van der Waals surface area contributed by atoms with E-state index in [1.54, 1.807) is 0 Å². The quantitative estimate of drug-likeness (QED) is 0.571. The predicted molar refractivity (Wildman–Crippen MR) is 121 cm³/mol. The molecule has 2 heterocycles.